The average Bonchev–Trinajstić information content (AvgIpc) is 0.544. The summed E-state index contributed by atoms with van der Waals surface area (Å²) >= 11 is 0. The topological polar surface area (TPSA) is 26.0 Å². The summed E-state index contributed by atoms with van der Waals surface area (Å²) in [6.45, 7) is 0. The Balaban J connectivity index is 9.04. The summed E-state index contributed by atoms with van der Waals surface area (Å²) in [6, 6.07) is 0. The van der Waals surface area contributed by atoms with Crippen LogP contribution in [0.5, 0.6) is 0 Å². The van der Waals surface area contributed by atoms with Crippen molar-refractivity contribution < 1.29 is 1.01 Å². The molecule has 0 aliphatic heterocycles. The van der Waals surface area contributed by atoms with E-state index in [0.717, 1.165) is 0 Å². The summed E-state index contributed by atoms with van der Waals surface area (Å²) < 4.78 is -0.742. The Kier molecular flexibility index (Phi) is 1.31. The normalized spacial score (nSPS) is 8.00. The van der Waals surface area contributed by atoms with Crippen LogP contribution in [0.25, 0.3) is 0 Å². The van der Waals surface area contributed by atoms with Gasteiger partial charge in [0.15, 0.2) is 0 Å². The van der Waals surface area contributed by atoms with E-state index < -0.39 is 1.01 Å². The van der Waals surface area contributed by atoms with Gasteiger partial charge in [-0.25, -0.2) is 0 Å². The van der Waals surface area contributed by atoms with Crippen LogP contribution in [-0.2, 0) is 1.01 Å². The predicted octanol–water partition coefficient (Wildman–Crippen LogP) is 3.30. The van der Waals surface area contributed by atoms with Gasteiger partial charge in [-0.05, 0) is 0 Å². The van der Waals surface area contributed by atoms with E-state index in [9.17, 15) is 0 Å². The first-order valence-corrected chi connectivity index (χ1v) is 29.1. The van der Waals surface area contributed by atoms with Crippen LogP contribution in [0.15, 0.2) is 0 Å². The van der Waals surface area contributed by atoms with Crippen molar-refractivity contribution in [2.75, 3.05) is 0 Å². The van der Waals surface area contributed by atoms with Gasteiger partial charge in [-0.2, -0.15) is 0 Å². The molecule has 8 heavy (non-hydrogen) atoms. The van der Waals surface area contributed by atoms with Gasteiger partial charge in [0.1, 0.15) is 0 Å². The van der Waals surface area contributed by atoms with Gasteiger partial charge in [0.05, 0.1) is 0 Å². The van der Waals surface area contributed by atoms with E-state index in [1.54, 1.807) is 0 Å². The standard InChI is InChI=1S/H2N.6S.Zn/h1H2;;;;;;;/q-1;;;;;;;+1. The predicted molar refractivity (Wildman–Crippen MR) is 49.7 cm³/mol. The monoisotopic (exact) mass is 272 g/mol. The van der Waals surface area contributed by atoms with E-state index >= 15 is 0 Å². The van der Waals surface area contributed by atoms with Crippen LogP contribution in [0.1, 0.15) is 0 Å². The van der Waals surface area contributed by atoms with Gasteiger partial charge in [-0.15, -0.1) is 0 Å². The van der Waals surface area contributed by atoms with E-state index in [-0.39, 0.29) is 0 Å². The van der Waals surface area contributed by atoms with Crippen molar-refractivity contribution in [3.63, 3.8) is 0 Å². The molecular weight excluding hydrogens is 272 g/mol. The third kappa shape index (κ3) is 104. The summed E-state index contributed by atoms with van der Waals surface area (Å²) in [6.07, 6.45) is 0. The van der Waals surface area contributed by atoms with Crippen molar-refractivity contribution in [2.45, 2.75) is 0 Å². The molecule has 0 amide bonds. The molecular formula is H2NS6Zn. The Morgan fingerprint density at radius 3 is 0.750 bits per heavy atom. The van der Waals surface area contributed by atoms with Gasteiger partial charge in [-0.1, -0.05) is 0 Å². The van der Waals surface area contributed by atoms with Gasteiger partial charge in [-0.3, -0.25) is 0 Å². The van der Waals surface area contributed by atoms with Crippen molar-refractivity contribution >= 4 is 60.7 Å². The van der Waals surface area contributed by atoms with Crippen molar-refractivity contribution in [1.29, 1.82) is 0 Å². The Labute approximate surface area is 65.1 Å². The molecule has 0 aromatic heterocycles. The summed E-state index contributed by atoms with van der Waals surface area (Å²) in [5.74, 6) is 0. The van der Waals surface area contributed by atoms with E-state index in [0.29, 0.717) is 0 Å². The second kappa shape index (κ2) is 1.06. The number of nitrogens with two attached hydrogens (primary N) is 1. The van der Waals surface area contributed by atoms with Crippen LogP contribution in [0.3, 0.4) is 0 Å². The molecule has 2 N–H and O–H groups in total. The zero-order valence-corrected chi connectivity index (χ0v) is 11.6. The van der Waals surface area contributed by atoms with Crippen molar-refractivity contribution in [2.24, 2.45) is 4.48 Å². The molecule has 0 aromatic rings. The first-order valence-electron chi connectivity index (χ1n) is 2.14. The van der Waals surface area contributed by atoms with Crippen molar-refractivity contribution in [3.05, 3.63) is 0 Å². The summed E-state index contributed by atoms with van der Waals surface area (Å²) in [5, 5.41) is 0. The first kappa shape index (κ1) is 9.90. The van der Waals surface area contributed by atoms with Gasteiger partial charge >= 0.3 is 66.2 Å². The van der Waals surface area contributed by atoms with E-state index in [1.165, 1.54) is 0 Å². The van der Waals surface area contributed by atoms with Crippen LogP contribution in [0.4, 0.5) is 0 Å². The average molecular weight is 274 g/mol. The molecule has 1 nitrogen and oxygen atoms in total. The molecule has 0 saturated carbocycles. The number of hydrogen-bond acceptors (Lipinski definition) is 6. The zero-order valence-electron chi connectivity index (χ0n) is 3.73. The molecule has 45 valence electrons. The Morgan fingerprint density at radius 2 is 0.750 bits per heavy atom. The molecule has 0 rings (SSSR count). The summed E-state index contributed by atoms with van der Waals surface area (Å²) in [7, 11) is 27.0. The second-order valence-corrected chi connectivity index (χ2v) is 98.3. The molecule has 8 heteroatoms. The van der Waals surface area contributed by atoms with E-state index in [2.05, 4.69) is 60.7 Å². The molecule has 0 heterocycles. The Bertz CT molecular complexity index is 576. The van der Waals surface area contributed by atoms with Gasteiger partial charge in [0.25, 0.3) is 0 Å². The molecule has 0 unspecified atom stereocenters. The fraction of sp³-hybridized carbons (Fsp3) is 0. The van der Waals surface area contributed by atoms with Gasteiger partial charge in [0, 0.05) is 0 Å². The third-order valence-corrected chi connectivity index (χ3v) is 0. The zero-order chi connectivity index (χ0) is 7.38. The molecule has 0 bridgehead atoms. The quantitative estimate of drug-likeness (QED) is 0.677. The fourth-order valence-electron chi connectivity index (χ4n) is 0. The molecule has 0 aliphatic carbocycles. The Morgan fingerprint density at radius 1 is 0.750 bits per heavy atom. The van der Waals surface area contributed by atoms with Crippen LogP contribution >= 0.6 is 60.7 Å². The third-order valence-electron chi connectivity index (χ3n) is 0. The van der Waals surface area contributed by atoms with Crippen LogP contribution < -0.4 is 4.48 Å². The molecule has 0 spiro atoms. The SMILES string of the molecule is [NH2][Zn](=[S])(=[S])(=[S])(=[S])(=[S])=[S]. The number of rotatable bonds is 0. The molecule has 0 saturated heterocycles. The maximum absolute atomic E-state index is 5.91. The molecule has 0 atom stereocenters. The fourth-order valence-corrected chi connectivity index (χ4v) is 0. The van der Waals surface area contributed by atoms with E-state index in [4.69, 9.17) is 4.48 Å². The van der Waals surface area contributed by atoms with Crippen LogP contribution in [-0.4, -0.2) is 0 Å². The molecule has 0 fully saturated rings. The van der Waals surface area contributed by atoms with Gasteiger partial charge < -0.3 is 0 Å². The maximum atomic E-state index is 5.17. The second-order valence-electron chi connectivity index (χ2n) is 2.77. The molecule has 0 aliphatic rings. The van der Waals surface area contributed by atoms with E-state index in [1.807, 2.05) is 0 Å². The molecule has 0 radical (unpaired) electrons. The van der Waals surface area contributed by atoms with Crippen LogP contribution in [0.2, 0.25) is 0 Å². The molecule has 0 aromatic carbocycles. The van der Waals surface area contributed by atoms with Crippen molar-refractivity contribution in [1.82, 2.24) is 0 Å². The van der Waals surface area contributed by atoms with Crippen LogP contribution in [0, 0.1) is 0 Å². The number of hydrogen-bond donors (Lipinski definition) is 1. The summed E-state index contributed by atoms with van der Waals surface area (Å²) in [4.78, 5) is 0. The minimum absolute atomic E-state index is 4.49. The first-order chi connectivity index (χ1) is 2.65. The summed E-state index contributed by atoms with van der Waals surface area (Å²) in [5.41, 5.74) is 0. The van der Waals surface area contributed by atoms with Gasteiger partial charge in [0.2, 0.25) is 0 Å². The van der Waals surface area contributed by atoms with Crippen molar-refractivity contribution in [3.8, 4) is 0 Å². The minimum atomic E-state index is -5.91. The Hall–Kier alpha value is 1.90.